The summed E-state index contributed by atoms with van der Waals surface area (Å²) in [5, 5.41) is 3.50. The number of hydrogen-bond acceptors (Lipinski definition) is 4. The summed E-state index contributed by atoms with van der Waals surface area (Å²) in [5.74, 6) is -0.682. The third kappa shape index (κ3) is 3.79. The van der Waals surface area contributed by atoms with Gasteiger partial charge in [0.2, 0.25) is 0 Å². The van der Waals surface area contributed by atoms with Crippen molar-refractivity contribution >= 4 is 39.9 Å². The first-order valence-electron chi connectivity index (χ1n) is 8.65. The van der Waals surface area contributed by atoms with Gasteiger partial charge in [-0.2, -0.15) is 0 Å². The predicted octanol–water partition coefficient (Wildman–Crippen LogP) is 2.17. The lowest BCUT2D eigenvalue weighted by Gasteiger charge is -2.27. The molecule has 1 aliphatic heterocycles. The molecule has 138 valence electrons. The van der Waals surface area contributed by atoms with Crippen molar-refractivity contribution in [2.75, 3.05) is 18.1 Å². The minimum atomic E-state index is -0.469. The highest BCUT2D eigenvalue weighted by atomic mass is 32.2. The molecule has 2 heterocycles. The molecule has 1 aliphatic rings. The number of benzene rings is 1. The Morgan fingerprint density at radius 3 is 2.77 bits per heavy atom. The SMILES string of the molecule is CSc1cccc(C(=O)Nc2sc3c(c2C(N)=O)CC[NH+](C(C)C)C3)c1. The molecule has 1 atom stereocenters. The first-order chi connectivity index (χ1) is 12.4. The Morgan fingerprint density at radius 1 is 1.35 bits per heavy atom. The predicted molar refractivity (Wildman–Crippen MR) is 107 cm³/mol. The number of rotatable bonds is 5. The number of primary amides is 1. The monoisotopic (exact) mass is 390 g/mol. The highest BCUT2D eigenvalue weighted by Crippen LogP contribution is 2.35. The van der Waals surface area contributed by atoms with Crippen LogP contribution in [0.3, 0.4) is 0 Å². The molecule has 0 saturated heterocycles. The zero-order chi connectivity index (χ0) is 18.8. The topological polar surface area (TPSA) is 76.6 Å². The van der Waals surface area contributed by atoms with Gasteiger partial charge in [0.15, 0.2) is 0 Å². The zero-order valence-electron chi connectivity index (χ0n) is 15.2. The number of fused-ring (bicyclic) bond motifs is 1. The van der Waals surface area contributed by atoms with Crippen molar-refractivity contribution in [1.82, 2.24) is 0 Å². The lowest BCUT2D eigenvalue weighted by Crippen LogP contribution is -3.14. The molecule has 0 spiro atoms. The van der Waals surface area contributed by atoms with E-state index in [4.69, 9.17) is 5.73 Å². The molecule has 1 aromatic heterocycles. The van der Waals surface area contributed by atoms with Crippen molar-refractivity contribution in [2.24, 2.45) is 5.73 Å². The van der Waals surface area contributed by atoms with Gasteiger partial charge in [0.1, 0.15) is 11.5 Å². The molecule has 2 amide bonds. The van der Waals surface area contributed by atoms with E-state index in [1.165, 1.54) is 16.2 Å². The Labute approximate surface area is 162 Å². The van der Waals surface area contributed by atoms with Crippen LogP contribution in [0.5, 0.6) is 0 Å². The third-order valence-electron chi connectivity index (χ3n) is 4.80. The first kappa shape index (κ1) is 18.9. The van der Waals surface area contributed by atoms with Gasteiger partial charge in [-0.25, -0.2) is 0 Å². The van der Waals surface area contributed by atoms with Crippen LogP contribution in [0, 0.1) is 0 Å². The van der Waals surface area contributed by atoms with E-state index in [-0.39, 0.29) is 5.91 Å². The summed E-state index contributed by atoms with van der Waals surface area (Å²) in [5.41, 5.74) is 7.72. The molecular weight excluding hydrogens is 366 g/mol. The molecule has 0 bridgehead atoms. The highest BCUT2D eigenvalue weighted by molar-refractivity contribution is 7.98. The summed E-state index contributed by atoms with van der Waals surface area (Å²) in [6, 6.07) is 7.97. The van der Waals surface area contributed by atoms with Gasteiger partial charge in [-0.15, -0.1) is 23.1 Å². The van der Waals surface area contributed by atoms with Crippen molar-refractivity contribution in [3.05, 3.63) is 45.8 Å². The van der Waals surface area contributed by atoms with Crippen molar-refractivity contribution in [1.29, 1.82) is 0 Å². The van der Waals surface area contributed by atoms with Gasteiger partial charge in [0.25, 0.3) is 11.8 Å². The largest absolute Gasteiger partial charge is 0.365 e. The molecule has 0 fully saturated rings. The van der Waals surface area contributed by atoms with Crippen molar-refractivity contribution in [2.45, 2.75) is 37.8 Å². The van der Waals surface area contributed by atoms with E-state index in [9.17, 15) is 9.59 Å². The molecule has 0 saturated carbocycles. The van der Waals surface area contributed by atoms with E-state index >= 15 is 0 Å². The molecule has 0 radical (unpaired) electrons. The molecule has 5 nitrogen and oxygen atoms in total. The molecule has 4 N–H and O–H groups in total. The fourth-order valence-electron chi connectivity index (χ4n) is 3.28. The Hall–Kier alpha value is -1.83. The van der Waals surface area contributed by atoms with Gasteiger partial charge >= 0.3 is 0 Å². The number of amides is 2. The van der Waals surface area contributed by atoms with Crippen LogP contribution >= 0.6 is 23.1 Å². The summed E-state index contributed by atoms with van der Waals surface area (Å²) in [6.07, 6.45) is 2.79. The van der Waals surface area contributed by atoms with Crippen LogP contribution in [-0.2, 0) is 13.0 Å². The van der Waals surface area contributed by atoms with Gasteiger partial charge in [-0.05, 0) is 43.9 Å². The second-order valence-corrected chi connectivity index (χ2v) is 8.73. The van der Waals surface area contributed by atoms with E-state index in [0.717, 1.165) is 34.8 Å². The number of quaternary nitrogens is 1. The lowest BCUT2D eigenvalue weighted by atomic mass is 10.0. The van der Waals surface area contributed by atoms with Crippen molar-refractivity contribution < 1.29 is 14.5 Å². The second-order valence-electron chi connectivity index (χ2n) is 6.75. The maximum absolute atomic E-state index is 12.7. The van der Waals surface area contributed by atoms with Crippen LogP contribution in [0.2, 0.25) is 0 Å². The fourth-order valence-corrected chi connectivity index (χ4v) is 5.04. The lowest BCUT2D eigenvalue weighted by molar-refractivity contribution is -0.936. The molecule has 2 aromatic rings. The van der Waals surface area contributed by atoms with Crippen LogP contribution in [0.15, 0.2) is 29.2 Å². The Balaban J connectivity index is 1.90. The second kappa shape index (κ2) is 7.82. The molecule has 7 heteroatoms. The number of carbonyl (C=O) groups is 2. The molecular formula is C19H24N3O2S2+. The maximum Gasteiger partial charge on any atom is 0.256 e. The molecule has 0 aliphatic carbocycles. The number of thioether (sulfide) groups is 1. The minimum Gasteiger partial charge on any atom is -0.365 e. The van der Waals surface area contributed by atoms with Crippen molar-refractivity contribution in [3.63, 3.8) is 0 Å². The van der Waals surface area contributed by atoms with Crippen molar-refractivity contribution in [3.8, 4) is 0 Å². The van der Waals surface area contributed by atoms with E-state index in [1.807, 2.05) is 24.5 Å². The quantitative estimate of drug-likeness (QED) is 0.685. The smallest absolute Gasteiger partial charge is 0.256 e. The van der Waals surface area contributed by atoms with Gasteiger partial charge in [-0.3, -0.25) is 9.59 Å². The van der Waals surface area contributed by atoms with E-state index in [0.29, 0.717) is 22.2 Å². The standard InChI is InChI=1S/C19H23N3O2S2/c1-11(2)22-8-7-14-15(10-22)26-19(16(14)17(20)23)21-18(24)12-5-4-6-13(9-12)25-3/h4-6,9,11H,7-8,10H2,1-3H3,(H2,20,23)(H,21,24)/p+1. The number of hydrogen-bond donors (Lipinski definition) is 3. The summed E-state index contributed by atoms with van der Waals surface area (Å²) >= 11 is 3.07. The number of nitrogens with two attached hydrogens (primary N) is 1. The summed E-state index contributed by atoms with van der Waals surface area (Å²) in [7, 11) is 0. The Bertz CT molecular complexity index is 845. The Kier molecular flexibility index (Phi) is 5.70. The molecule has 1 aromatic carbocycles. The van der Waals surface area contributed by atoms with Crippen LogP contribution < -0.4 is 16.0 Å². The van der Waals surface area contributed by atoms with Crippen LogP contribution in [0.25, 0.3) is 0 Å². The van der Waals surface area contributed by atoms with Gasteiger partial charge in [-0.1, -0.05) is 6.07 Å². The summed E-state index contributed by atoms with van der Waals surface area (Å²) in [6.45, 7) is 6.25. The zero-order valence-corrected chi connectivity index (χ0v) is 16.9. The number of nitrogens with one attached hydrogen (secondary N) is 2. The average molecular weight is 391 g/mol. The number of anilines is 1. The van der Waals surface area contributed by atoms with E-state index in [1.54, 1.807) is 17.8 Å². The average Bonchev–Trinajstić information content (AvgIpc) is 2.98. The maximum atomic E-state index is 12.7. The van der Waals surface area contributed by atoms with E-state index in [2.05, 4.69) is 19.2 Å². The van der Waals surface area contributed by atoms with Crippen LogP contribution in [0.1, 0.15) is 45.0 Å². The molecule has 1 unspecified atom stereocenters. The summed E-state index contributed by atoms with van der Waals surface area (Å²) < 4.78 is 0. The normalized spacial score (nSPS) is 16.4. The van der Waals surface area contributed by atoms with E-state index < -0.39 is 5.91 Å². The number of thiophene rings is 1. The van der Waals surface area contributed by atoms with Crippen LogP contribution in [0.4, 0.5) is 5.00 Å². The first-order valence-corrected chi connectivity index (χ1v) is 10.7. The van der Waals surface area contributed by atoms with Crippen LogP contribution in [-0.4, -0.2) is 30.7 Å². The summed E-state index contributed by atoms with van der Waals surface area (Å²) in [4.78, 5) is 28.4. The Morgan fingerprint density at radius 2 is 2.12 bits per heavy atom. The van der Waals surface area contributed by atoms with Gasteiger partial charge in [0, 0.05) is 16.9 Å². The van der Waals surface area contributed by atoms with Gasteiger partial charge < -0.3 is 16.0 Å². The minimum absolute atomic E-state index is 0.213. The third-order valence-corrected chi connectivity index (χ3v) is 6.67. The molecule has 3 rings (SSSR count). The fraction of sp³-hybridized carbons (Fsp3) is 0.368. The van der Waals surface area contributed by atoms with Gasteiger partial charge in [0.05, 0.1) is 23.0 Å². The molecule has 26 heavy (non-hydrogen) atoms. The number of carbonyl (C=O) groups excluding carboxylic acids is 2. The highest BCUT2D eigenvalue weighted by Gasteiger charge is 2.30.